The second-order valence-corrected chi connectivity index (χ2v) is 16.9. The van der Waals surface area contributed by atoms with Crippen LogP contribution in [-0.4, -0.2) is 142 Å². The molecule has 0 saturated carbocycles. The monoisotopic (exact) mass is 923 g/mol. The van der Waals surface area contributed by atoms with Gasteiger partial charge in [0.05, 0.1) is 26.4 Å². The first-order valence-corrected chi connectivity index (χ1v) is 24.5. The molecule has 0 spiro atoms. The minimum absolute atomic E-state index is 0.0369. The number of esters is 1. The molecule has 2 fully saturated rings. The van der Waals surface area contributed by atoms with Crippen molar-refractivity contribution in [3.8, 4) is 0 Å². The van der Waals surface area contributed by atoms with Crippen molar-refractivity contribution in [2.24, 2.45) is 0 Å². The molecule has 0 bridgehead atoms. The highest BCUT2D eigenvalue weighted by atomic mass is 16.7. The lowest BCUT2D eigenvalue weighted by atomic mass is 9.98. The van der Waals surface area contributed by atoms with Crippen LogP contribution in [-0.2, 0) is 33.2 Å². The summed E-state index contributed by atoms with van der Waals surface area (Å²) in [6, 6.07) is 0. The van der Waals surface area contributed by atoms with Crippen LogP contribution in [0.4, 0.5) is 0 Å². The Morgan fingerprint density at radius 2 is 1.00 bits per heavy atom. The molecule has 0 radical (unpaired) electrons. The number of aliphatic hydroxyl groups excluding tert-OH is 7. The van der Waals surface area contributed by atoms with E-state index in [4.69, 9.17) is 28.4 Å². The summed E-state index contributed by atoms with van der Waals surface area (Å²) in [4.78, 5) is 12.9. The molecule has 0 amide bonds. The van der Waals surface area contributed by atoms with Gasteiger partial charge >= 0.3 is 5.97 Å². The van der Waals surface area contributed by atoms with E-state index < -0.39 is 86.7 Å². The molecular weight excluding hydrogens is 837 g/mol. The SMILES string of the molecule is CC/C=C\C/C=C\C/C=C\C/C=C\C/C=C\CCCCCCOCC(COC1OC(COC2OC(CO)C(O)C(O)C2O)C(O)C(O)C1O)OC(=O)CCCCCCC/C=C\CCCC. The third-order valence-electron chi connectivity index (χ3n) is 11.2. The Morgan fingerprint density at radius 3 is 1.58 bits per heavy atom. The van der Waals surface area contributed by atoms with E-state index in [1.165, 1.54) is 12.8 Å². The molecule has 65 heavy (non-hydrogen) atoms. The van der Waals surface area contributed by atoms with Crippen molar-refractivity contribution in [2.45, 2.75) is 210 Å². The van der Waals surface area contributed by atoms with Crippen molar-refractivity contribution in [1.29, 1.82) is 0 Å². The number of hydrogen-bond acceptors (Lipinski definition) is 14. The van der Waals surface area contributed by atoms with E-state index in [9.17, 15) is 40.5 Å². The molecule has 0 aromatic heterocycles. The zero-order chi connectivity index (χ0) is 47.3. The number of carbonyl (C=O) groups excluding carboxylic acids is 1. The van der Waals surface area contributed by atoms with E-state index in [-0.39, 0.29) is 19.6 Å². The molecular formula is C51H86O14. The molecule has 374 valence electrons. The van der Waals surface area contributed by atoms with Crippen molar-refractivity contribution < 1.29 is 69.0 Å². The van der Waals surface area contributed by atoms with Crippen LogP contribution in [0.5, 0.6) is 0 Å². The Balaban J connectivity index is 1.79. The molecule has 2 heterocycles. The lowest BCUT2D eigenvalue weighted by Gasteiger charge is -2.42. The van der Waals surface area contributed by atoms with Gasteiger partial charge in [-0.25, -0.2) is 0 Å². The summed E-state index contributed by atoms with van der Waals surface area (Å²) in [7, 11) is 0. The molecule has 0 aromatic rings. The molecule has 11 unspecified atom stereocenters. The van der Waals surface area contributed by atoms with Gasteiger partial charge in [-0.05, 0) is 77.0 Å². The normalized spacial score (nSPS) is 27.2. The zero-order valence-corrected chi connectivity index (χ0v) is 39.4. The van der Waals surface area contributed by atoms with Crippen LogP contribution in [0.2, 0.25) is 0 Å². The number of hydrogen-bond donors (Lipinski definition) is 7. The van der Waals surface area contributed by atoms with Gasteiger partial charge < -0.3 is 64.2 Å². The lowest BCUT2D eigenvalue weighted by molar-refractivity contribution is -0.332. The second kappa shape index (κ2) is 38.4. The number of allylic oxidation sites excluding steroid dienone is 12. The van der Waals surface area contributed by atoms with Crippen LogP contribution in [0, 0.1) is 0 Å². The van der Waals surface area contributed by atoms with Crippen LogP contribution < -0.4 is 0 Å². The molecule has 14 nitrogen and oxygen atoms in total. The predicted molar refractivity (Wildman–Crippen MR) is 252 cm³/mol. The lowest BCUT2D eigenvalue weighted by Crippen LogP contribution is -2.61. The molecule has 0 aliphatic carbocycles. The van der Waals surface area contributed by atoms with Crippen LogP contribution in [0.15, 0.2) is 72.9 Å². The maximum Gasteiger partial charge on any atom is 0.306 e. The Kier molecular flexibility index (Phi) is 34.6. The van der Waals surface area contributed by atoms with Gasteiger partial charge in [0.15, 0.2) is 12.6 Å². The molecule has 7 N–H and O–H groups in total. The fourth-order valence-corrected chi connectivity index (χ4v) is 7.17. The summed E-state index contributed by atoms with van der Waals surface area (Å²) in [6.45, 7) is 3.43. The Morgan fingerprint density at radius 1 is 0.523 bits per heavy atom. The Labute approximate surface area is 389 Å². The summed E-state index contributed by atoms with van der Waals surface area (Å²) in [5.74, 6) is -0.400. The minimum atomic E-state index is -1.72. The molecule has 2 saturated heterocycles. The van der Waals surface area contributed by atoms with Crippen molar-refractivity contribution in [3.05, 3.63) is 72.9 Å². The van der Waals surface area contributed by atoms with E-state index in [1.807, 2.05) is 0 Å². The van der Waals surface area contributed by atoms with Gasteiger partial charge in [0.1, 0.15) is 54.9 Å². The Hall–Kier alpha value is -2.57. The summed E-state index contributed by atoms with van der Waals surface area (Å²) in [6.07, 6.45) is 29.7. The molecule has 11 atom stereocenters. The van der Waals surface area contributed by atoms with Crippen molar-refractivity contribution >= 4 is 5.97 Å². The number of aliphatic hydroxyl groups is 7. The van der Waals surface area contributed by atoms with E-state index >= 15 is 0 Å². The van der Waals surface area contributed by atoms with Gasteiger partial charge in [-0.2, -0.15) is 0 Å². The first kappa shape index (κ1) is 58.6. The standard InChI is InChI=1S/C51H86O14/c1-3-5-7-9-11-13-15-16-17-18-19-20-21-22-23-25-27-29-31-33-35-60-37-40(63-43(53)34-32-30-28-26-24-14-12-10-8-6-4-2)38-61-50-49(59)47(57)45(55)42(65-50)39-62-51-48(58)46(56)44(54)41(36-52)64-51/h5,7,10-13,16-17,19-20,22-23,40-42,44-52,54-59H,3-4,6,8-9,14-15,18,21,24-39H2,1-2H3/b7-5-,12-10-,13-11-,17-16-,20-19-,23-22-. The average Bonchev–Trinajstić information content (AvgIpc) is 3.30. The van der Waals surface area contributed by atoms with Crippen LogP contribution >= 0.6 is 0 Å². The minimum Gasteiger partial charge on any atom is -0.457 e. The van der Waals surface area contributed by atoms with Gasteiger partial charge in [-0.3, -0.25) is 4.79 Å². The molecule has 2 rings (SSSR count). The third-order valence-corrected chi connectivity index (χ3v) is 11.2. The maximum atomic E-state index is 12.9. The summed E-state index contributed by atoms with van der Waals surface area (Å²) in [5.41, 5.74) is 0. The largest absolute Gasteiger partial charge is 0.457 e. The highest BCUT2D eigenvalue weighted by Crippen LogP contribution is 2.26. The van der Waals surface area contributed by atoms with Gasteiger partial charge in [-0.1, -0.05) is 132 Å². The van der Waals surface area contributed by atoms with Gasteiger partial charge in [0.25, 0.3) is 0 Å². The molecule has 0 aromatic carbocycles. The van der Waals surface area contributed by atoms with Crippen LogP contribution in [0.25, 0.3) is 0 Å². The smallest absolute Gasteiger partial charge is 0.306 e. The maximum absolute atomic E-state index is 12.9. The van der Waals surface area contributed by atoms with E-state index in [1.54, 1.807) is 0 Å². The van der Waals surface area contributed by atoms with Gasteiger partial charge in [-0.15, -0.1) is 0 Å². The molecule has 2 aliphatic rings. The molecule has 14 heteroatoms. The van der Waals surface area contributed by atoms with Crippen molar-refractivity contribution in [2.75, 3.05) is 33.0 Å². The van der Waals surface area contributed by atoms with E-state index in [0.717, 1.165) is 103 Å². The number of unbranched alkanes of at least 4 members (excludes halogenated alkanes) is 11. The highest BCUT2D eigenvalue weighted by molar-refractivity contribution is 5.69. The molecule has 2 aliphatic heterocycles. The summed E-state index contributed by atoms with van der Waals surface area (Å²) < 4.78 is 34.2. The van der Waals surface area contributed by atoms with E-state index in [0.29, 0.717) is 13.0 Å². The predicted octanol–water partition coefficient (Wildman–Crippen LogP) is 6.73. The number of rotatable bonds is 37. The zero-order valence-electron chi connectivity index (χ0n) is 39.4. The fraction of sp³-hybridized carbons (Fsp3) is 0.745. The first-order chi connectivity index (χ1) is 31.6. The topological polar surface area (TPSA) is 214 Å². The van der Waals surface area contributed by atoms with Crippen molar-refractivity contribution in [3.63, 3.8) is 0 Å². The van der Waals surface area contributed by atoms with Crippen LogP contribution in [0.1, 0.15) is 142 Å². The van der Waals surface area contributed by atoms with Crippen LogP contribution in [0.3, 0.4) is 0 Å². The van der Waals surface area contributed by atoms with E-state index in [2.05, 4.69) is 86.8 Å². The quantitative estimate of drug-likeness (QED) is 0.0196. The van der Waals surface area contributed by atoms with Gasteiger partial charge in [0.2, 0.25) is 0 Å². The fourth-order valence-electron chi connectivity index (χ4n) is 7.17. The Bertz CT molecular complexity index is 1350. The summed E-state index contributed by atoms with van der Waals surface area (Å²) >= 11 is 0. The highest BCUT2D eigenvalue weighted by Gasteiger charge is 2.47. The van der Waals surface area contributed by atoms with Gasteiger partial charge in [0, 0.05) is 13.0 Å². The van der Waals surface area contributed by atoms with Crippen molar-refractivity contribution in [1.82, 2.24) is 0 Å². The number of carbonyl (C=O) groups is 1. The summed E-state index contributed by atoms with van der Waals surface area (Å²) in [5, 5.41) is 72.0. The second-order valence-electron chi connectivity index (χ2n) is 16.9. The third kappa shape index (κ3) is 26.5. The first-order valence-electron chi connectivity index (χ1n) is 24.5. The average molecular weight is 923 g/mol. The number of ether oxygens (including phenoxy) is 6.